The number of rotatable bonds is 10. The van der Waals surface area contributed by atoms with Crippen molar-refractivity contribution in [1.29, 1.82) is 0 Å². The van der Waals surface area contributed by atoms with Gasteiger partial charge in [-0.05, 0) is 71.8 Å². The molecule has 5 aromatic rings. The van der Waals surface area contributed by atoms with Crippen molar-refractivity contribution in [2.45, 2.75) is 39.0 Å². The van der Waals surface area contributed by atoms with Crippen molar-refractivity contribution in [3.63, 3.8) is 0 Å². The monoisotopic (exact) mass is 566 g/mol. The molecule has 0 bridgehead atoms. The molecule has 2 N–H and O–H groups in total. The van der Waals surface area contributed by atoms with E-state index in [2.05, 4.69) is 35.3 Å². The highest BCUT2D eigenvalue weighted by Crippen LogP contribution is 2.33. The number of fused-ring (bicyclic) bond motifs is 2. The van der Waals surface area contributed by atoms with Gasteiger partial charge in [-0.3, -0.25) is 9.48 Å². The zero-order valence-electron chi connectivity index (χ0n) is 23.8. The molecule has 0 saturated carbocycles. The molecule has 1 aliphatic heterocycles. The topological polar surface area (TPSA) is 111 Å². The van der Waals surface area contributed by atoms with Gasteiger partial charge < -0.3 is 24.7 Å². The number of pyridine rings is 1. The smallest absolute Gasteiger partial charge is 0.310 e. The fourth-order valence-corrected chi connectivity index (χ4v) is 5.55. The normalized spacial score (nSPS) is 15.0. The molecule has 42 heavy (non-hydrogen) atoms. The van der Waals surface area contributed by atoms with Crippen LogP contribution in [-0.4, -0.2) is 47.7 Å². The summed E-state index contributed by atoms with van der Waals surface area (Å²) in [5, 5.41) is 7.94. The van der Waals surface area contributed by atoms with Crippen molar-refractivity contribution >= 4 is 33.5 Å². The van der Waals surface area contributed by atoms with Gasteiger partial charge in [0.05, 0.1) is 43.5 Å². The summed E-state index contributed by atoms with van der Waals surface area (Å²) in [5.74, 6) is 0.834. The molecule has 3 heterocycles. The summed E-state index contributed by atoms with van der Waals surface area (Å²) in [6, 6.07) is 20.4. The summed E-state index contributed by atoms with van der Waals surface area (Å²) >= 11 is 0. The second kappa shape index (κ2) is 12.2. The van der Waals surface area contributed by atoms with Crippen LogP contribution in [0.25, 0.3) is 32.8 Å². The van der Waals surface area contributed by atoms with E-state index < -0.39 is 0 Å². The summed E-state index contributed by atoms with van der Waals surface area (Å²) in [6.07, 6.45) is 2.71. The molecule has 9 heteroatoms. The van der Waals surface area contributed by atoms with E-state index in [0.29, 0.717) is 38.0 Å². The Morgan fingerprint density at radius 3 is 2.67 bits per heavy atom. The molecule has 216 valence electrons. The van der Waals surface area contributed by atoms with Gasteiger partial charge in [-0.1, -0.05) is 24.3 Å². The lowest BCUT2D eigenvalue weighted by atomic mass is 10.00. The number of carbonyl (C=O) groups is 1. The first-order valence-corrected chi connectivity index (χ1v) is 14.2. The van der Waals surface area contributed by atoms with E-state index in [0.717, 1.165) is 56.0 Å². The van der Waals surface area contributed by atoms with Crippen molar-refractivity contribution in [3.8, 4) is 16.9 Å². The third kappa shape index (κ3) is 5.66. The first kappa shape index (κ1) is 27.7. The van der Waals surface area contributed by atoms with E-state index in [-0.39, 0.29) is 25.0 Å². The first-order chi connectivity index (χ1) is 20.5. The number of benzene rings is 3. The highest BCUT2D eigenvalue weighted by atomic mass is 16.5. The molecule has 0 amide bonds. The Kier molecular flexibility index (Phi) is 8.03. The summed E-state index contributed by atoms with van der Waals surface area (Å²) in [5.41, 5.74) is 11.8. The maximum atomic E-state index is 12.4. The van der Waals surface area contributed by atoms with Gasteiger partial charge in [-0.25, -0.2) is 4.98 Å². The van der Waals surface area contributed by atoms with Crippen molar-refractivity contribution in [1.82, 2.24) is 14.8 Å². The second-order valence-corrected chi connectivity index (χ2v) is 10.4. The van der Waals surface area contributed by atoms with Crippen LogP contribution in [0.15, 0.2) is 66.9 Å². The number of nitrogens with zero attached hydrogens (tertiary/aromatic N) is 3. The number of anilines is 1. The maximum Gasteiger partial charge on any atom is 0.310 e. The average Bonchev–Trinajstić information content (AvgIpc) is 3.65. The van der Waals surface area contributed by atoms with E-state index in [4.69, 9.17) is 29.8 Å². The lowest BCUT2D eigenvalue weighted by molar-refractivity contribution is -0.142. The molecule has 3 aromatic carbocycles. The summed E-state index contributed by atoms with van der Waals surface area (Å²) in [7, 11) is 1.65. The van der Waals surface area contributed by atoms with E-state index in [1.165, 1.54) is 0 Å². The molecule has 2 aromatic heterocycles. The van der Waals surface area contributed by atoms with Crippen LogP contribution in [-0.2, 0) is 38.6 Å². The largest absolute Gasteiger partial charge is 0.487 e. The Morgan fingerprint density at radius 1 is 1.05 bits per heavy atom. The number of hydrogen-bond donors (Lipinski definition) is 1. The summed E-state index contributed by atoms with van der Waals surface area (Å²) in [6.45, 7) is 4.13. The van der Waals surface area contributed by atoms with Gasteiger partial charge in [-0.15, -0.1) is 0 Å². The fourth-order valence-electron chi connectivity index (χ4n) is 5.55. The maximum absolute atomic E-state index is 12.4. The molecular weight excluding hydrogens is 532 g/mol. The molecule has 1 fully saturated rings. The molecule has 0 spiro atoms. The number of methoxy groups -OCH3 is 1. The third-order valence-electron chi connectivity index (χ3n) is 7.62. The zero-order chi connectivity index (χ0) is 29.1. The molecule has 0 aliphatic carbocycles. The number of aromatic nitrogens is 3. The minimum atomic E-state index is -0.300. The second-order valence-electron chi connectivity index (χ2n) is 10.4. The van der Waals surface area contributed by atoms with Crippen LogP contribution < -0.4 is 10.5 Å². The van der Waals surface area contributed by atoms with Crippen LogP contribution in [0.3, 0.4) is 0 Å². The van der Waals surface area contributed by atoms with Crippen LogP contribution in [0.5, 0.6) is 5.75 Å². The summed E-state index contributed by atoms with van der Waals surface area (Å²) < 4.78 is 24.7. The predicted molar refractivity (Wildman–Crippen MR) is 161 cm³/mol. The SMILES string of the molecule is CCOC(=O)Cc1cc(COC)ccc1OCc1c2cc(-c3ccc4ccnc(N)c4c3)ccc2nn1C1CCOC1. The average molecular weight is 567 g/mol. The minimum Gasteiger partial charge on any atom is -0.487 e. The molecule has 1 aliphatic rings. The van der Waals surface area contributed by atoms with Gasteiger partial charge in [0, 0.05) is 36.2 Å². The standard InChI is InChI=1S/C33H34N4O5/c1-3-41-32(38)17-25-14-21(18-39-2)4-9-31(25)42-20-30-28-16-24(7-8-29(28)36-37(30)26-11-13-40-19-26)23-6-5-22-10-12-35-33(34)27(22)15-23/h4-10,12,14-16,26H,3,11,13,17-20H2,1-2H3,(H2,34,35). The first-order valence-electron chi connectivity index (χ1n) is 14.2. The van der Waals surface area contributed by atoms with Crippen LogP contribution >= 0.6 is 0 Å². The lowest BCUT2D eigenvalue weighted by Gasteiger charge is -2.16. The van der Waals surface area contributed by atoms with E-state index in [9.17, 15) is 4.79 Å². The molecule has 1 unspecified atom stereocenters. The quantitative estimate of drug-likeness (QED) is 0.217. The molecule has 1 saturated heterocycles. The lowest BCUT2D eigenvalue weighted by Crippen LogP contribution is -2.15. The molecule has 1 atom stereocenters. The van der Waals surface area contributed by atoms with Crippen LogP contribution in [0.1, 0.15) is 36.2 Å². The number of carbonyl (C=O) groups excluding carboxylic acids is 1. The third-order valence-corrected chi connectivity index (χ3v) is 7.62. The van der Waals surface area contributed by atoms with E-state index in [1.54, 1.807) is 20.2 Å². The van der Waals surface area contributed by atoms with Gasteiger partial charge in [0.25, 0.3) is 0 Å². The van der Waals surface area contributed by atoms with Crippen LogP contribution in [0.2, 0.25) is 0 Å². The van der Waals surface area contributed by atoms with Crippen molar-refractivity contribution < 1.29 is 23.7 Å². The molecule has 0 radical (unpaired) electrons. The highest BCUT2D eigenvalue weighted by Gasteiger charge is 2.24. The van der Waals surface area contributed by atoms with Crippen LogP contribution in [0, 0.1) is 0 Å². The fraction of sp³-hybridized carbons (Fsp3) is 0.303. The van der Waals surface area contributed by atoms with Crippen LogP contribution in [0.4, 0.5) is 5.82 Å². The van der Waals surface area contributed by atoms with Crippen molar-refractivity contribution in [3.05, 3.63) is 83.7 Å². The van der Waals surface area contributed by atoms with E-state index >= 15 is 0 Å². The zero-order valence-corrected chi connectivity index (χ0v) is 23.8. The van der Waals surface area contributed by atoms with Crippen molar-refractivity contribution in [2.24, 2.45) is 0 Å². The number of hydrogen-bond acceptors (Lipinski definition) is 8. The van der Waals surface area contributed by atoms with Gasteiger partial charge in [0.15, 0.2) is 0 Å². The van der Waals surface area contributed by atoms with Gasteiger partial charge >= 0.3 is 5.97 Å². The number of nitrogens with two attached hydrogens (primary N) is 1. The predicted octanol–water partition coefficient (Wildman–Crippen LogP) is 5.63. The molecular formula is C33H34N4O5. The Labute approximate surface area is 244 Å². The molecule has 6 rings (SSSR count). The number of nitrogen functional groups attached to an aromatic ring is 1. The Morgan fingerprint density at radius 2 is 1.88 bits per heavy atom. The molecule has 9 nitrogen and oxygen atoms in total. The minimum absolute atomic E-state index is 0.112. The highest BCUT2D eigenvalue weighted by molar-refractivity contribution is 5.95. The van der Waals surface area contributed by atoms with Crippen molar-refractivity contribution in [2.75, 3.05) is 32.7 Å². The van der Waals surface area contributed by atoms with Gasteiger partial charge in [0.1, 0.15) is 18.2 Å². The van der Waals surface area contributed by atoms with Gasteiger partial charge in [0.2, 0.25) is 0 Å². The Hall–Kier alpha value is -4.47. The Balaban J connectivity index is 1.38. The Bertz CT molecular complexity index is 1740. The summed E-state index contributed by atoms with van der Waals surface area (Å²) in [4.78, 5) is 16.7. The van der Waals surface area contributed by atoms with Gasteiger partial charge in [-0.2, -0.15) is 5.10 Å². The number of esters is 1. The number of ether oxygens (including phenoxy) is 4. The van der Waals surface area contributed by atoms with E-state index in [1.807, 2.05) is 35.0 Å².